The van der Waals surface area contributed by atoms with Crippen LogP contribution in [0.1, 0.15) is 42.1 Å². The number of hydrogen-bond donors (Lipinski definition) is 1. The second kappa shape index (κ2) is 10.4. The van der Waals surface area contributed by atoms with Crippen LogP contribution in [0.4, 0.5) is 0 Å². The van der Waals surface area contributed by atoms with Crippen molar-refractivity contribution in [2.45, 2.75) is 32.6 Å². The Balaban J connectivity index is 0.000000461. The first kappa shape index (κ1) is 22.8. The van der Waals surface area contributed by atoms with Crippen molar-refractivity contribution < 1.29 is 9.53 Å². The summed E-state index contributed by atoms with van der Waals surface area (Å²) in [5.41, 5.74) is 7.07. The molecule has 160 valence electrons. The zero-order valence-corrected chi connectivity index (χ0v) is 19.6. The molecule has 4 rings (SSSR count). The van der Waals surface area contributed by atoms with Crippen LogP contribution in [-0.4, -0.2) is 43.1 Å². The van der Waals surface area contributed by atoms with E-state index in [0.29, 0.717) is 17.6 Å². The molecule has 2 heterocycles. The lowest BCUT2D eigenvalue weighted by Gasteiger charge is -2.27. The molecule has 1 saturated heterocycles. The van der Waals surface area contributed by atoms with Gasteiger partial charge in [0.15, 0.2) is 5.43 Å². The average molecular weight is 494 g/mol. The van der Waals surface area contributed by atoms with Gasteiger partial charge >= 0.3 is 0 Å². The van der Waals surface area contributed by atoms with E-state index < -0.39 is 0 Å². The van der Waals surface area contributed by atoms with Crippen molar-refractivity contribution in [2.75, 3.05) is 26.7 Å². The van der Waals surface area contributed by atoms with Crippen molar-refractivity contribution >= 4 is 39.6 Å². The number of H-pyrrole nitrogens is 1. The smallest absolute Gasteiger partial charge is 0.293 e. The number of nitrogens with zero attached hydrogens (tertiary/aromatic N) is 1. The van der Waals surface area contributed by atoms with Crippen LogP contribution < -0.4 is 5.43 Å². The van der Waals surface area contributed by atoms with E-state index in [2.05, 4.69) is 49.7 Å². The molecular formula is C23H26BrClN2O3. The summed E-state index contributed by atoms with van der Waals surface area (Å²) in [6.45, 7) is 4.77. The zero-order chi connectivity index (χ0) is 21.7. The van der Waals surface area contributed by atoms with Gasteiger partial charge in [-0.1, -0.05) is 23.2 Å². The van der Waals surface area contributed by atoms with Gasteiger partial charge in [-0.3, -0.25) is 9.59 Å². The quantitative estimate of drug-likeness (QED) is 0.621. The van der Waals surface area contributed by atoms with Crippen molar-refractivity contribution in [3.05, 3.63) is 72.1 Å². The molecule has 0 amide bonds. The Hall–Kier alpha value is -1.89. The lowest BCUT2D eigenvalue weighted by molar-refractivity contribution is -0.128. The van der Waals surface area contributed by atoms with Crippen LogP contribution in [0.2, 0.25) is 5.02 Å². The molecule has 1 aliphatic heterocycles. The summed E-state index contributed by atoms with van der Waals surface area (Å²) in [6.07, 6.45) is 5.40. The molecule has 0 unspecified atom stereocenters. The van der Waals surface area contributed by atoms with Gasteiger partial charge in [-0.2, -0.15) is 0 Å². The molecule has 0 atom stereocenters. The number of halogens is 2. The lowest BCUT2D eigenvalue weighted by atomic mass is 9.88. The Kier molecular flexibility index (Phi) is 7.92. The number of carbonyl (C=O) groups excluding carboxylic acids is 1. The highest BCUT2D eigenvalue weighted by Gasteiger charge is 2.25. The summed E-state index contributed by atoms with van der Waals surface area (Å²) >= 11 is 9.63. The van der Waals surface area contributed by atoms with Gasteiger partial charge in [0.05, 0.1) is 16.8 Å². The number of aryl methyl sites for hydroxylation is 1. The van der Waals surface area contributed by atoms with Gasteiger partial charge in [0.25, 0.3) is 6.47 Å². The van der Waals surface area contributed by atoms with Gasteiger partial charge < -0.3 is 14.6 Å². The van der Waals surface area contributed by atoms with Crippen molar-refractivity contribution in [1.82, 2.24) is 9.88 Å². The molecule has 0 radical (unpaired) electrons. The summed E-state index contributed by atoms with van der Waals surface area (Å²) in [5, 5.41) is 0.755. The summed E-state index contributed by atoms with van der Waals surface area (Å²) in [7, 11) is 2.16. The van der Waals surface area contributed by atoms with Crippen molar-refractivity contribution in [3.8, 4) is 0 Å². The number of likely N-dealkylation sites (tertiary alicyclic amines) is 1. The maximum Gasteiger partial charge on any atom is 0.293 e. The minimum atomic E-state index is 0.0960. The Labute approximate surface area is 190 Å². The van der Waals surface area contributed by atoms with Gasteiger partial charge in [0, 0.05) is 35.4 Å². The number of carbonyl (C=O) groups is 1. The van der Waals surface area contributed by atoms with Crippen LogP contribution in [0, 0.1) is 0 Å². The highest BCUT2D eigenvalue weighted by Crippen LogP contribution is 2.37. The molecule has 1 aliphatic carbocycles. The maximum absolute atomic E-state index is 12.7. The van der Waals surface area contributed by atoms with Gasteiger partial charge in [0.2, 0.25) is 0 Å². The lowest BCUT2D eigenvalue weighted by Crippen LogP contribution is -2.27. The number of piperidine rings is 1. The summed E-state index contributed by atoms with van der Waals surface area (Å²) < 4.78 is 4.75. The number of aromatic amines is 1. The Morgan fingerprint density at radius 2 is 1.97 bits per heavy atom. The molecule has 1 aromatic heterocycles. The second-order valence-corrected chi connectivity index (χ2v) is 8.74. The van der Waals surface area contributed by atoms with Gasteiger partial charge in [-0.05, 0) is 78.8 Å². The standard InChI is InChI=1S/C20H20BrClN2O.C3H6O2/c1-24-8-6-12(7-9-24)18-15-5-3-14(22)10-13(15)2-4-16-19(18)23-11-17(21)20(16)25;1-2-5-3-4/h3,5,10-11H,2,4,6-9H2,1H3,(H,23,25);3H,2H2,1H3. The van der Waals surface area contributed by atoms with E-state index in [1.807, 2.05) is 6.07 Å². The molecule has 5 nitrogen and oxygen atoms in total. The van der Waals surface area contributed by atoms with Gasteiger partial charge in [-0.15, -0.1) is 0 Å². The van der Waals surface area contributed by atoms with E-state index in [0.717, 1.165) is 55.1 Å². The first-order chi connectivity index (χ1) is 14.5. The normalized spacial score (nSPS) is 16.0. The molecule has 7 heteroatoms. The van der Waals surface area contributed by atoms with Crippen molar-refractivity contribution in [1.29, 1.82) is 0 Å². The zero-order valence-electron chi connectivity index (χ0n) is 17.3. The maximum atomic E-state index is 12.7. The first-order valence-corrected chi connectivity index (χ1v) is 11.3. The van der Waals surface area contributed by atoms with E-state index in [4.69, 9.17) is 11.6 Å². The number of hydrogen-bond acceptors (Lipinski definition) is 4. The molecular weight excluding hydrogens is 468 g/mol. The highest BCUT2D eigenvalue weighted by atomic mass is 79.9. The van der Waals surface area contributed by atoms with Crippen molar-refractivity contribution in [3.63, 3.8) is 0 Å². The molecule has 0 saturated carbocycles. The largest absolute Gasteiger partial charge is 0.468 e. The van der Waals surface area contributed by atoms with Gasteiger partial charge in [-0.25, -0.2) is 0 Å². The van der Waals surface area contributed by atoms with Crippen LogP contribution in [0.5, 0.6) is 0 Å². The predicted molar refractivity (Wildman–Crippen MR) is 124 cm³/mol. The summed E-state index contributed by atoms with van der Waals surface area (Å²) in [6, 6.07) is 6.13. The number of aromatic nitrogens is 1. The second-order valence-electron chi connectivity index (χ2n) is 7.45. The van der Waals surface area contributed by atoms with E-state index in [-0.39, 0.29) is 5.43 Å². The van der Waals surface area contributed by atoms with Crippen LogP contribution in [0.25, 0.3) is 5.57 Å². The van der Waals surface area contributed by atoms with Crippen LogP contribution in [0.3, 0.4) is 0 Å². The minimum Gasteiger partial charge on any atom is -0.468 e. The Morgan fingerprint density at radius 3 is 2.60 bits per heavy atom. The predicted octanol–water partition coefficient (Wildman–Crippen LogP) is 4.60. The third kappa shape index (κ3) is 5.05. The monoisotopic (exact) mass is 492 g/mol. The van der Waals surface area contributed by atoms with Crippen molar-refractivity contribution in [2.24, 2.45) is 0 Å². The van der Waals surface area contributed by atoms with Gasteiger partial charge in [0.1, 0.15) is 0 Å². The Morgan fingerprint density at radius 1 is 1.23 bits per heavy atom. The number of benzene rings is 1. The van der Waals surface area contributed by atoms with E-state index in [9.17, 15) is 9.59 Å². The van der Waals surface area contributed by atoms with E-state index >= 15 is 0 Å². The first-order valence-electron chi connectivity index (χ1n) is 10.1. The fourth-order valence-electron chi connectivity index (χ4n) is 3.99. The highest BCUT2D eigenvalue weighted by molar-refractivity contribution is 9.10. The molecule has 0 bridgehead atoms. The van der Waals surface area contributed by atoms with Crippen LogP contribution in [-0.2, 0) is 22.4 Å². The van der Waals surface area contributed by atoms with E-state index in [1.54, 1.807) is 13.1 Å². The Bertz CT molecular complexity index is 1010. The number of ether oxygens (including phenoxy) is 1. The molecule has 1 fully saturated rings. The summed E-state index contributed by atoms with van der Waals surface area (Å²) in [4.78, 5) is 27.7. The van der Waals surface area contributed by atoms with Crippen LogP contribution >= 0.6 is 27.5 Å². The fourth-order valence-corrected chi connectivity index (χ4v) is 4.54. The number of pyridine rings is 1. The fraction of sp³-hybridized carbons (Fsp3) is 0.391. The molecule has 0 spiro atoms. The SMILES string of the molecule is CCOC=O.CN1CCC(=C2c3ccc(Cl)cc3CCc3c2[nH]cc(Br)c3=O)CC1. The van der Waals surface area contributed by atoms with Crippen LogP contribution in [0.15, 0.2) is 39.2 Å². The molecule has 2 aliphatic rings. The minimum absolute atomic E-state index is 0.0960. The topological polar surface area (TPSA) is 62.4 Å². The molecule has 1 aromatic carbocycles. The third-order valence-electron chi connectivity index (χ3n) is 5.55. The molecule has 2 aromatic rings. The van der Waals surface area contributed by atoms with E-state index in [1.165, 1.54) is 22.3 Å². The average Bonchev–Trinajstić information content (AvgIpc) is 2.89. The number of fused-ring (bicyclic) bond motifs is 2. The molecule has 1 N–H and O–H groups in total. The number of rotatable bonds is 2. The number of nitrogens with one attached hydrogen (secondary N) is 1. The summed E-state index contributed by atoms with van der Waals surface area (Å²) in [5.74, 6) is 0. The molecule has 30 heavy (non-hydrogen) atoms. The third-order valence-corrected chi connectivity index (χ3v) is 6.37.